The van der Waals surface area contributed by atoms with Crippen molar-refractivity contribution in [3.8, 4) is 34.2 Å². The lowest BCUT2D eigenvalue weighted by atomic mass is 10.0. The predicted molar refractivity (Wildman–Crippen MR) is 151 cm³/mol. The van der Waals surface area contributed by atoms with Crippen molar-refractivity contribution in [2.24, 2.45) is 10.2 Å². The molecule has 3 N–H and O–H groups in total. The molecule has 0 aliphatic heterocycles. The monoisotopic (exact) mass is 595 g/mol. The summed E-state index contributed by atoms with van der Waals surface area (Å²) >= 11 is 6.02. The van der Waals surface area contributed by atoms with Gasteiger partial charge in [0.15, 0.2) is 11.4 Å². The molecule has 214 valence electrons. The van der Waals surface area contributed by atoms with Crippen molar-refractivity contribution in [2.75, 3.05) is 0 Å². The number of fused-ring (bicyclic) bond motifs is 1. The molecule has 1 heterocycles. The van der Waals surface area contributed by atoms with Crippen LogP contribution in [0.5, 0.6) is 17.4 Å². The number of hydrogen-bond donors (Lipinski definition) is 3. The lowest BCUT2D eigenvalue weighted by Gasteiger charge is -2.12. The van der Waals surface area contributed by atoms with Crippen molar-refractivity contribution < 1.29 is 38.0 Å². The summed E-state index contributed by atoms with van der Waals surface area (Å²) in [6.07, 6.45) is -6.25. The van der Waals surface area contributed by atoms with Gasteiger partial charge in [-0.15, -0.1) is 10.2 Å². The van der Waals surface area contributed by atoms with Crippen LogP contribution in [0.4, 0.5) is 29.3 Å². The Morgan fingerprint density at radius 1 is 0.929 bits per heavy atom. The third-order valence-corrected chi connectivity index (χ3v) is 6.99. The highest BCUT2D eigenvalue weighted by molar-refractivity contribution is 6.32. The number of para-hydroxylation sites is 1. The first-order chi connectivity index (χ1) is 19.8. The molecule has 0 unspecified atom stereocenters. The van der Waals surface area contributed by atoms with Gasteiger partial charge < -0.3 is 20.1 Å². The molecule has 0 bridgehead atoms. The first-order valence-corrected chi connectivity index (χ1v) is 12.7. The minimum absolute atomic E-state index is 0.00496. The van der Waals surface area contributed by atoms with E-state index < -0.39 is 28.8 Å². The minimum atomic E-state index is -4.75. The summed E-state index contributed by atoms with van der Waals surface area (Å²) < 4.78 is 47.2. The third kappa shape index (κ3) is 5.34. The van der Waals surface area contributed by atoms with Gasteiger partial charge in [0.25, 0.3) is 0 Å². The normalized spacial score (nSPS) is 11.9. The average Bonchev–Trinajstić information content (AvgIpc) is 3.18. The molecule has 5 aromatic rings. The van der Waals surface area contributed by atoms with E-state index in [9.17, 15) is 28.2 Å². The van der Waals surface area contributed by atoms with Crippen molar-refractivity contribution in [1.82, 2.24) is 4.57 Å². The number of phenols is 1. The van der Waals surface area contributed by atoms with E-state index in [0.29, 0.717) is 11.3 Å². The van der Waals surface area contributed by atoms with Crippen LogP contribution in [0.1, 0.15) is 16.7 Å². The first kappa shape index (κ1) is 28.5. The van der Waals surface area contributed by atoms with Crippen LogP contribution in [0.25, 0.3) is 27.7 Å². The summed E-state index contributed by atoms with van der Waals surface area (Å²) in [7, 11) is 0. The average molecular weight is 596 g/mol. The molecule has 0 radical (unpaired) electrons. The fraction of sp³-hybridized carbons (Fsp3) is 0.100. The van der Waals surface area contributed by atoms with Gasteiger partial charge in [0.05, 0.1) is 16.1 Å². The smallest absolute Gasteiger partial charge is 0.505 e. The van der Waals surface area contributed by atoms with E-state index in [4.69, 9.17) is 16.7 Å². The van der Waals surface area contributed by atoms with E-state index >= 15 is 0 Å². The van der Waals surface area contributed by atoms with Crippen molar-refractivity contribution in [3.63, 3.8) is 0 Å². The predicted octanol–water partition coefficient (Wildman–Crippen LogP) is 9.47. The molecule has 0 amide bonds. The van der Waals surface area contributed by atoms with Gasteiger partial charge in [0.1, 0.15) is 11.4 Å². The molecule has 0 atom stereocenters. The minimum Gasteiger partial charge on any atom is -0.505 e. The standard InChI is InChI=1S/C30H21ClF3N3O5/c1-15-9-10-18(11-16(15)2)37-25-14-22(30(32,33)34)23(31)13-21(25)26(28(37)39)36-35-24-8-4-7-20(27(24)38)17-5-3-6-19(12-17)42-29(40)41/h3-14,38-39H,1-2H3,(H,40,41). The highest BCUT2D eigenvalue weighted by Gasteiger charge is 2.35. The summed E-state index contributed by atoms with van der Waals surface area (Å²) in [5.41, 5.74) is 1.61. The van der Waals surface area contributed by atoms with Crippen LogP contribution in [-0.4, -0.2) is 26.0 Å². The van der Waals surface area contributed by atoms with Gasteiger partial charge in [-0.05, 0) is 73.0 Å². The molecule has 8 nitrogen and oxygen atoms in total. The Morgan fingerprint density at radius 3 is 2.36 bits per heavy atom. The van der Waals surface area contributed by atoms with Crippen LogP contribution < -0.4 is 4.74 Å². The van der Waals surface area contributed by atoms with E-state index in [1.165, 1.54) is 22.8 Å². The number of alkyl halides is 3. The van der Waals surface area contributed by atoms with Crippen LogP contribution in [-0.2, 0) is 6.18 Å². The number of carbonyl (C=O) groups is 1. The molecule has 12 heteroatoms. The Bertz CT molecular complexity index is 1900. The van der Waals surface area contributed by atoms with E-state index in [1.807, 2.05) is 13.8 Å². The Labute approximate surface area is 241 Å². The molecule has 0 saturated carbocycles. The molecule has 5 rings (SSSR count). The number of phenolic OH excluding ortho intramolecular Hbond substituents is 1. The maximum atomic E-state index is 13.8. The van der Waals surface area contributed by atoms with Crippen LogP contribution in [0.3, 0.4) is 0 Å². The summed E-state index contributed by atoms with van der Waals surface area (Å²) in [5, 5.41) is 38.8. The van der Waals surface area contributed by atoms with Gasteiger partial charge >= 0.3 is 12.3 Å². The molecule has 0 spiro atoms. The van der Waals surface area contributed by atoms with Gasteiger partial charge in [0.2, 0.25) is 5.88 Å². The van der Waals surface area contributed by atoms with Crippen molar-refractivity contribution in [1.29, 1.82) is 0 Å². The molecule has 0 fully saturated rings. The fourth-order valence-corrected chi connectivity index (χ4v) is 4.77. The Kier molecular flexibility index (Phi) is 7.29. The van der Waals surface area contributed by atoms with Crippen LogP contribution in [0.15, 0.2) is 83.0 Å². The van der Waals surface area contributed by atoms with Crippen LogP contribution >= 0.6 is 11.6 Å². The topological polar surface area (TPSA) is 117 Å². The van der Waals surface area contributed by atoms with Gasteiger partial charge in [-0.25, -0.2) is 4.79 Å². The quantitative estimate of drug-likeness (QED) is 0.106. The molecular formula is C30H21ClF3N3O5. The summed E-state index contributed by atoms with van der Waals surface area (Å²) in [4.78, 5) is 10.9. The Morgan fingerprint density at radius 2 is 1.67 bits per heavy atom. The van der Waals surface area contributed by atoms with Gasteiger partial charge in [-0.1, -0.05) is 41.9 Å². The maximum Gasteiger partial charge on any atom is 0.511 e. The van der Waals surface area contributed by atoms with Gasteiger partial charge in [-0.2, -0.15) is 13.2 Å². The number of nitrogens with zero attached hydrogens (tertiary/aromatic N) is 3. The highest BCUT2D eigenvalue weighted by Crippen LogP contribution is 2.47. The van der Waals surface area contributed by atoms with Gasteiger partial charge in [-0.3, -0.25) is 4.57 Å². The summed E-state index contributed by atoms with van der Waals surface area (Å²) in [6.45, 7) is 3.71. The van der Waals surface area contributed by atoms with E-state index in [2.05, 4.69) is 15.0 Å². The molecule has 0 aliphatic carbocycles. The number of aromatic hydroxyl groups is 2. The molecule has 0 aliphatic rings. The summed E-state index contributed by atoms with van der Waals surface area (Å²) in [6, 6.07) is 17.6. The van der Waals surface area contributed by atoms with Crippen LogP contribution in [0.2, 0.25) is 5.02 Å². The second kappa shape index (κ2) is 10.7. The zero-order valence-corrected chi connectivity index (χ0v) is 22.7. The number of carboxylic acid groups (broad SMARTS) is 1. The molecular weight excluding hydrogens is 575 g/mol. The SMILES string of the molecule is Cc1ccc(-n2c(O)c(N=Nc3cccc(-c4cccc(OC(=O)O)c4)c3O)c3cc(Cl)c(C(F)(F)F)cc32)cc1C. The highest BCUT2D eigenvalue weighted by atomic mass is 35.5. The Hall–Kier alpha value is -5.03. The number of aryl methyl sites for hydroxylation is 2. The lowest BCUT2D eigenvalue weighted by molar-refractivity contribution is -0.137. The molecule has 4 aromatic carbocycles. The lowest BCUT2D eigenvalue weighted by Crippen LogP contribution is -2.06. The molecule has 0 saturated heterocycles. The summed E-state index contributed by atoms with van der Waals surface area (Å²) in [5.74, 6) is -0.768. The second-order valence-corrected chi connectivity index (χ2v) is 9.80. The number of azo groups is 1. The van der Waals surface area contributed by atoms with Crippen molar-refractivity contribution in [3.05, 3.63) is 94.5 Å². The van der Waals surface area contributed by atoms with E-state index in [1.54, 1.807) is 42.5 Å². The Balaban J connectivity index is 1.66. The van der Waals surface area contributed by atoms with Crippen LogP contribution in [0, 0.1) is 13.8 Å². The number of rotatable bonds is 5. The third-order valence-electron chi connectivity index (χ3n) is 6.68. The largest absolute Gasteiger partial charge is 0.511 e. The second-order valence-electron chi connectivity index (χ2n) is 9.39. The fourth-order valence-electron chi connectivity index (χ4n) is 4.50. The van der Waals surface area contributed by atoms with Crippen molar-refractivity contribution in [2.45, 2.75) is 20.0 Å². The number of hydrogen-bond acceptors (Lipinski definition) is 6. The molecule has 1 aromatic heterocycles. The molecule has 42 heavy (non-hydrogen) atoms. The number of ether oxygens (including phenoxy) is 1. The number of benzene rings is 4. The van der Waals surface area contributed by atoms with Gasteiger partial charge in [0, 0.05) is 16.6 Å². The van der Waals surface area contributed by atoms with E-state index in [-0.39, 0.29) is 39.3 Å². The zero-order valence-electron chi connectivity index (χ0n) is 21.9. The first-order valence-electron chi connectivity index (χ1n) is 12.3. The van der Waals surface area contributed by atoms with E-state index in [0.717, 1.165) is 23.3 Å². The number of halogens is 4. The number of aromatic nitrogens is 1. The zero-order chi connectivity index (χ0) is 30.3. The van der Waals surface area contributed by atoms with Crippen molar-refractivity contribution >= 4 is 40.0 Å². The maximum absolute atomic E-state index is 13.8.